The molecule has 0 fully saturated rings. The molecule has 0 unspecified atom stereocenters. The lowest BCUT2D eigenvalue weighted by molar-refractivity contribution is -0.387. The van der Waals surface area contributed by atoms with E-state index in [9.17, 15) is 14.9 Å². The Labute approximate surface area is 121 Å². The van der Waals surface area contributed by atoms with Crippen LogP contribution in [0, 0.1) is 10.1 Å². The topological polar surface area (TPSA) is 143 Å². The number of nitrogen functional groups attached to an aromatic ring is 1. The van der Waals surface area contributed by atoms with Crippen LogP contribution in [0.25, 0.3) is 0 Å². The summed E-state index contributed by atoms with van der Waals surface area (Å²) >= 11 is 6.82. The van der Waals surface area contributed by atoms with Gasteiger partial charge in [0.25, 0.3) is 5.69 Å². The Morgan fingerprint density at radius 2 is 2.20 bits per heavy atom. The highest BCUT2D eigenvalue weighted by molar-refractivity contribution is 7.99. The van der Waals surface area contributed by atoms with Crippen molar-refractivity contribution < 1.29 is 9.72 Å². The Morgan fingerprint density at radius 3 is 2.70 bits per heavy atom. The lowest BCUT2D eigenvalue weighted by Crippen LogP contribution is -2.12. The summed E-state index contributed by atoms with van der Waals surface area (Å²) in [6, 6.07) is 2.30. The first kappa shape index (κ1) is 14.1. The number of aromatic nitrogens is 3. The van der Waals surface area contributed by atoms with Gasteiger partial charge in [0.15, 0.2) is 0 Å². The van der Waals surface area contributed by atoms with Gasteiger partial charge in [-0.15, -0.1) is 10.2 Å². The smallest absolute Gasteiger partial charge is 0.285 e. The number of nitrogens with zero attached hydrogens (tertiary/aromatic N) is 4. The van der Waals surface area contributed by atoms with Gasteiger partial charge >= 0.3 is 0 Å². The molecule has 0 saturated heterocycles. The van der Waals surface area contributed by atoms with Crippen LogP contribution >= 0.6 is 23.4 Å². The second kappa shape index (κ2) is 5.35. The minimum Gasteiger partial charge on any atom is -0.366 e. The van der Waals surface area contributed by atoms with E-state index in [2.05, 4.69) is 10.2 Å². The van der Waals surface area contributed by atoms with Crippen molar-refractivity contribution in [2.45, 2.75) is 10.1 Å². The Kier molecular flexibility index (Phi) is 3.77. The summed E-state index contributed by atoms with van der Waals surface area (Å²) in [6.45, 7) is 0. The number of carbonyl (C=O) groups excluding carboxylic acids is 1. The van der Waals surface area contributed by atoms with Crippen molar-refractivity contribution in [2.24, 2.45) is 5.73 Å². The van der Waals surface area contributed by atoms with Crippen molar-refractivity contribution >= 4 is 35.0 Å². The van der Waals surface area contributed by atoms with E-state index in [0.717, 1.165) is 22.5 Å². The summed E-state index contributed by atoms with van der Waals surface area (Å²) in [5.41, 5.74) is 4.67. The maximum absolute atomic E-state index is 11.1. The molecule has 0 saturated carbocycles. The van der Waals surface area contributed by atoms with Gasteiger partial charge in [0.1, 0.15) is 11.2 Å². The van der Waals surface area contributed by atoms with Crippen LogP contribution in [0.3, 0.4) is 0 Å². The first-order valence-electron chi connectivity index (χ1n) is 5.01. The lowest BCUT2D eigenvalue weighted by Gasteiger charge is -2.06. The van der Waals surface area contributed by atoms with Crippen molar-refractivity contribution in [3.05, 3.63) is 39.2 Å². The summed E-state index contributed by atoms with van der Waals surface area (Å²) in [4.78, 5) is 21.6. The van der Waals surface area contributed by atoms with Crippen LogP contribution in [0.4, 0.5) is 5.69 Å². The fraction of sp³-hybridized carbons (Fsp3) is 0. The second-order valence-corrected chi connectivity index (χ2v) is 4.94. The molecule has 0 aliphatic rings. The van der Waals surface area contributed by atoms with E-state index in [1.807, 2.05) is 0 Å². The first-order chi connectivity index (χ1) is 9.40. The molecule has 104 valence electrons. The van der Waals surface area contributed by atoms with E-state index in [0.29, 0.717) is 0 Å². The van der Waals surface area contributed by atoms with E-state index in [4.69, 9.17) is 23.2 Å². The third-order valence-electron chi connectivity index (χ3n) is 2.24. The molecule has 20 heavy (non-hydrogen) atoms. The molecule has 4 N–H and O–H groups in total. The minimum atomic E-state index is -0.812. The highest BCUT2D eigenvalue weighted by atomic mass is 35.5. The Balaban J connectivity index is 2.54. The maximum atomic E-state index is 11.1. The van der Waals surface area contributed by atoms with Crippen molar-refractivity contribution in [1.82, 2.24) is 14.9 Å². The quantitative estimate of drug-likeness (QED) is 0.482. The van der Waals surface area contributed by atoms with Gasteiger partial charge in [-0.1, -0.05) is 11.6 Å². The third-order valence-corrected chi connectivity index (χ3v) is 3.76. The number of hydrogen-bond acceptors (Lipinski definition) is 7. The van der Waals surface area contributed by atoms with Crippen molar-refractivity contribution in [2.75, 3.05) is 5.84 Å². The number of carbonyl (C=O) groups is 1. The number of benzene rings is 1. The molecule has 0 aliphatic heterocycles. The van der Waals surface area contributed by atoms with Gasteiger partial charge in [-0.3, -0.25) is 14.9 Å². The molecular formula is C9H7ClN6O3S. The molecule has 1 amide bonds. The van der Waals surface area contributed by atoms with Gasteiger partial charge in [0.2, 0.25) is 11.1 Å². The van der Waals surface area contributed by atoms with E-state index in [1.165, 1.54) is 12.4 Å². The zero-order chi connectivity index (χ0) is 14.9. The van der Waals surface area contributed by atoms with Gasteiger partial charge < -0.3 is 11.6 Å². The predicted molar refractivity (Wildman–Crippen MR) is 70.9 cm³/mol. The fourth-order valence-corrected chi connectivity index (χ4v) is 2.50. The normalized spacial score (nSPS) is 10.4. The highest BCUT2D eigenvalue weighted by Gasteiger charge is 2.23. The Morgan fingerprint density at radius 1 is 1.50 bits per heavy atom. The summed E-state index contributed by atoms with van der Waals surface area (Å²) in [7, 11) is 0. The number of amides is 1. The van der Waals surface area contributed by atoms with Gasteiger partial charge in [-0.05, 0) is 17.8 Å². The number of primary amides is 1. The molecule has 0 bridgehead atoms. The number of nitro groups is 1. The minimum absolute atomic E-state index is 0.000926. The van der Waals surface area contributed by atoms with Gasteiger partial charge in [0, 0.05) is 11.6 Å². The van der Waals surface area contributed by atoms with Crippen molar-refractivity contribution in [3.63, 3.8) is 0 Å². The standard InChI is InChI=1S/C9H7ClN6O3S/c10-5-1-4(8(11)17)2-6(16(18)19)7(5)20-9-14-13-3-15(9)12/h1-3H,12H2,(H2,11,17). The third kappa shape index (κ3) is 2.65. The zero-order valence-corrected chi connectivity index (χ0v) is 11.3. The van der Waals surface area contributed by atoms with Crippen LogP contribution in [0.15, 0.2) is 28.5 Å². The number of nitro benzene ring substituents is 1. The Hall–Kier alpha value is -2.33. The van der Waals surface area contributed by atoms with Crippen LogP contribution in [-0.4, -0.2) is 25.7 Å². The number of halogens is 1. The van der Waals surface area contributed by atoms with Crippen LogP contribution in [-0.2, 0) is 0 Å². The summed E-state index contributed by atoms with van der Waals surface area (Å²) < 4.78 is 1.09. The number of hydrogen-bond donors (Lipinski definition) is 2. The molecule has 1 heterocycles. The Bertz CT molecular complexity index is 703. The molecular weight excluding hydrogens is 308 g/mol. The average Bonchev–Trinajstić information content (AvgIpc) is 2.76. The number of rotatable bonds is 4. The summed E-state index contributed by atoms with van der Waals surface area (Å²) in [5, 5.41) is 18.5. The molecule has 0 atom stereocenters. The average molecular weight is 315 g/mol. The highest BCUT2D eigenvalue weighted by Crippen LogP contribution is 2.39. The van der Waals surface area contributed by atoms with Crippen LogP contribution in [0.2, 0.25) is 5.02 Å². The molecule has 9 nitrogen and oxygen atoms in total. The SMILES string of the molecule is NC(=O)c1cc(Cl)c(Sc2nncn2N)c([N+](=O)[O-])c1. The van der Waals surface area contributed by atoms with Gasteiger partial charge in [0.05, 0.1) is 9.95 Å². The van der Waals surface area contributed by atoms with E-state index < -0.39 is 10.8 Å². The molecule has 2 aromatic rings. The van der Waals surface area contributed by atoms with E-state index in [1.54, 1.807) is 0 Å². The molecule has 1 aromatic heterocycles. The molecule has 0 aliphatic carbocycles. The second-order valence-electron chi connectivity index (χ2n) is 3.55. The van der Waals surface area contributed by atoms with Crippen molar-refractivity contribution in [3.8, 4) is 0 Å². The monoisotopic (exact) mass is 314 g/mol. The lowest BCUT2D eigenvalue weighted by atomic mass is 10.2. The molecule has 0 spiro atoms. The first-order valence-corrected chi connectivity index (χ1v) is 6.20. The van der Waals surface area contributed by atoms with Crippen LogP contribution in [0.1, 0.15) is 10.4 Å². The maximum Gasteiger partial charge on any atom is 0.285 e. The largest absolute Gasteiger partial charge is 0.366 e. The van der Waals surface area contributed by atoms with Gasteiger partial charge in [-0.2, -0.15) is 0 Å². The molecule has 1 aromatic carbocycles. The zero-order valence-electron chi connectivity index (χ0n) is 9.69. The van der Waals surface area contributed by atoms with Gasteiger partial charge in [-0.25, -0.2) is 4.68 Å². The predicted octanol–water partition coefficient (Wildman–Crippen LogP) is 0.804. The fourth-order valence-electron chi connectivity index (χ4n) is 1.35. The summed E-state index contributed by atoms with van der Waals surface area (Å²) in [5.74, 6) is 4.72. The number of nitrogens with two attached hydrogens (primary N) is 2. The van der Waals surface area contributed by atoms with E-state index in [-0.39, 0.29) is 26.3 Å². The van der Waals surface area contributed by atoms with Crippen LogP contribution < -0.4 is 11.6 Å². The summed E-state index contributed by atoms with van der Waals surface area (Å²) in [6.07, 6.45) is 1.24. The molecule has 11 heteroatoms. The van der Waals surface area contributed by atoms with E-state index >= 15 is 0 Å². The van der Waals surface area contributed by atoms with Crippen LogP contribution in [0.5, 0.6) is 0 Å². The molecule has 0 radical (unpaired) electrons. The molecule has 2 rings (SSSR count). The van der Waals surface area contributed by atoms with Crippen molar-refractivity contribution in [1.29, 1.82) is 0 Å².